The summed E-state index contributed by atoms with van der Waals surface area (Å²) >= 11 is 0. The van der Waals surface area contributed by atoms with Gasteiger partial charge in [0.2, 0.25) is 0 Å². The largest absolute Gasteiger partial charge is 0.365 e. The lowest BCUT2D eigenvalue weighted by molar-refractivity contribution is 0.0605. The highest BCUT2D eigenvalue weighted by molar-refractivity contribution is 6.06. The molecule has 2 amide bonds. The molecule has 1 unspecified atom stereocenters. The number of fused-ring (bicyclic) bond motifs is 1. The summed E-state index contributed by atoms with van der Waals surface area (Å²) in [6, 6.07) is 7.50. The number of piperidine rings is 1. The first-order chi connectivity index (χ1) is 12.6. The molecule has 1 fully saturated rings. The summed E-state index contributed by atoms with van der Waals surface area (Å²) in [7, 11) is 1.96. The van der Waals surface area contributed by atoms with Crippen LogP contribution in [0.15, 0.2) is 36.7 Å². The fourth-order valence-electron chi connectivity index (χ4n) is 3.86. The van der Waals surface area contributed by atoms with Gasteiger partial charge in [0.25, 0.3) is 11.8 Å². The summed E-state index contributed by atoms with van der Waals surface area (Å²) in [6.45, 7) is 0.643. The van der Waals surface area contributed by atoms with Gasteiger partial charge in [0.1, 0.15) is 0 Å². The molecular weight excluding hydrogens is 330 g/mol. The van der Waals surface area contributed by atoms with Crippen LogP contribution in [0.4, 0.5) is 0 Å². The van der Waals surface area contributed by atoms with Gasteiger partial charge in [0.15, 0.2) is 0 Å². The third-order valence-corrected chi connectivity index (χ3v) is 5.19. The van der Waals surface area contributed by atoms with E-state index in [1.807, 2.05) is 47.0 Å². The monoisotopic (exact) mass is 351 g/mol. The van der Waals surface area contributed by atoms with Crippen LogP contribution in [0.25, 0.3) is 10.9 Å². The van der Waals surface area contributed by atoms with E-state index in [0.29, 0.717) is 23.4 Å². The average Bonchev–Trinajstić information content (AvgIpc) is 3.28. The minimum absolute atomic E-state index is 0.0310. The van der Waals surface area contributed by atoms with Crippen molar-refractivity contribution < 1.29 is 9.59 Å². The third-order valence-electron chi connectivity index (χ3n) is 5.19. The number of hydrogen-bond acceptors (Lipinski definition) is 3. The molecule has 1 atom stereocenters. The number of rotatable bonds is 3. The van der Waals surface area contributed by atoms with E-state index in [2.05, 4.69) is 10.2 Å². The Hall–Kier alpha value is -3.09. The fourth-order valence-corrected chi connectivity index (χ4v) is 3.86. The number of nitrogens with two attached hydrogens (primary N) is 1. The van der Waals surface area contributed by atoms with Crippen LogP contribution in [0.1, 0.15) is 51.7 Å². The van der Waals surface area contributed by atoms with E-state index in [4.69, 9.17) is 5.73 Å². The lowest BCUT2D eigenvalue weighted by Gasteiger charge is -2.35. The number of carbonyl (C=O) groups excluding carboxylic acids is 2. The molecule has 3 heterocycles. The number of aromatic amines is 1. The van der Waals surface area contributed by atoms with E-state index in [-0.39, 0.29) is 11.9 Å². The van der Waals surface area contributed by atoms with Gasteiger partial charge >= 0.3 is 0 Å². The van der Waals surface area contributed by atoms with Crippen molar-refractivity contribution in [3.05, 3.63) is 53.5 Å². The first-order valence-corrected chi connectivity index (χ1v) is 8.76. The molecule has 1 aliphatic heterocycles. The average molecular weight is 351 g/mol. The number of primary amides is 1. The first-order valence-electron chi connectivity index (χ1n) is 8.76. The van der Waals surface area contributed by atoms with Crippen molar-refractivity contribution in [1.82, 2.24) is 19.7 Å². The van der Waals surface area contributed by atoms with Gasteiger partial charge in [-0.05, 0) is 37.5 Å². The molecule has 0 aliphatic carbocycles. The molecule has 3 N–H and O–H groups in total. The number of likely N-dealkylation sites (tertiary alicyclic amines) is 1. The van der Waals surface area contributed by atoms with Crippen LogP contribution in [-0.2, 0) is 7.05 Å². The predicted molar refractivity (Wildman–Crippen MR) is 97.7 cm³/mol. The van der Waals surface area contributed by atoms with Crippen molar-refractivity contribution in [2.45, 2.75) is 25.3 Å². The molecule has 0 spiro atoms. The number of aromatic nitrogens is 3. The van der Waals surface area contributed by atoms with Crippen molar-refractivity contribution >= 4 is 22.7 Å². The number of hydrogen-bond donors (Lipinski definition) is 2. The van der Waals surface area contributed by atoms with E-state index >= 15 is 0 Å². The Bertz CT molecular complexity index is 987. The van der Waals surface area contributed by atoms with Crippen LogP contribution >= 0.6 is 0 Å². The van der Waals surface area contributed by atoms with Crippen LogP contribution < -0.4 is 5.73 Å². The standard InChI is InChI=1S/C19H21N5O2/c1-23-10-8-12-13(5-4-7-15(12)23)19(26)24-9-3-2-6-16(24)17-14(18(20)25)11-21-22-17/h4-5,7-8,10-11,16H,2-3,6,9H2,1H3,(H2,20,25)(H,21,22). The van der Waals surface area contributed by atoms with Crippen molar-refractivity contribution in [2.24, 2.45) is 12.8 Å². The summed E-state index contributed by atoms with van der Waals surface area (Å²) in [5.41, 5.74) is 8.15. The van der Waals surface area contributed by atoms with Crippen LogP contribution in [0.2, 0.25) is 0 Å². The summed E-state index contributed by atoms with van der Waals surface area (Å²) in [5, 5.41) is 7.79. The molecule has 0 bridgehead atoms. The SMILES string of the molecule is Cn1ccc2c(C(=O)N3CCCCC3c3[nH]ncc3C(N)=O)cccc21. The Balaban J connectivity index is 1.75. The minimum Gasteiger partial charge on any atom is -0.365 e. The van der Waals surface area contributed by atoms with E-state index in [1.54, 1.807) is 0 Å². The highest BCUT2D eigenvalue weighted by atomic mass is 16.2. The summed E-state index contributed by atoms with van der Waals surface area (Å²) in [6.07, 6.45) is 6.09. The fraction of sp³-hybridized carbons (Fsp3) is 0.316. The van der Waals surface area contributed by atoms with Crippen LogP contribution in [-0.4, -0.2) is 38.0 Å². The molecule has 7 nitrogen and oxygen atoms in total. The second kappa shape index (κ2) is 6.33. The van der Waals surface area contributed by atoms with Crippen molar-refractivity contribution in [2.75, 3.05) is 6.54 Å². The molecule has 1 saturated heterocycles. The Morgan fingerprint density at radius 2 is 2.08 bits per heavy atom. The molecule has 1 aliphatic rings. The lowest BCUT2D eigenvalue weighted by atomic mass is 9.95. The Labute approximate surface area is 150 Å². The summed E-state index contributed by atoms with van der Waals surface area (Å²) < 4.78 is 2.00. The minimum atomic E-state index is -0.531. The van der Waals surface area contributed by atoms with Gasteiger partial charge < -0.3 is 15.2 Å². The normalized spacial score (nSPS) is 17.6. The topological polar surface area (TPSA) is 97.0 Å². The van der Waals surface area contributed by atoms with Gasteiger partial charge in [0, 0.05) is 36.3 Å². The molecule has 0 saturated carbocycles. The van der Waals surface area contributed by atoms with Gasteiger partial charge in [-0.25, -0.2) is 0 Å². The second-order valence-corrected chi connectivity index (χ2v) is 6.74. The number of nitrogens with one attached hydrogen (secondary N) is 1. The molecule has 0 radical (unpaired) electrons. The van der Waals surface area contributed by atoms with Crippen LogP contribution in [0, 0.1) is 0 Å². The summed E-state index contributed by atoms with van der Waals surface area (Å²) in [5.74, 6) is -0.562. The van der Waals surface area contributed by atoms with E-state index in [9.17, 15) is 9.59 Å². The molecule has 26 heavy (non-hydrogen) atoms. The quantitative estimate of drug-likeness (QED) is 0.758. The predicted octanol–water partition coefficient (Wildman–Crippen LogP) is 2.37. The van der Waals surface area contributed by atoms with E-state index < -0.39 is 5.91 Å². The van der Waals surface area contributed by atoms with Gasteiger partial charge in [-0.3, -0.25) is 14.7 Å². The van der Waals surface area contributed by atoms with E-state index in [0.717, 1.165) is 30.2 Å². The van der Waals surface area contributed by atoms with Crippen molar-refractivity contribution in [1.29, 1.82) is 0 Å². The maximum atomic E-state index is 13.4. The molecule has 1 aromatic carbocycles. The number of benzene rings is 1. The zero-order valence-corrected chi connectivity index (χ0v) is 14.6. The van der Waals surface area contributed by atoms with Crippen molar-refractivity contribution in [3.63, 3.8) is 0 Å². The zero-order chi connectivity index (χ0) is 18.3. The van der Waals surface area contributed by atoms with Crippen LogP contribution in [0.5, 0.6) is 0 Å². The third kappa shape index (κ3) is 2.56. The number of amides is 2. The molecule has 7 heteroatoms. The Kier molecular flexibility index (Phi) is 3.99. The maximum Gasteiger partial charge on any atom is 0.255 e. The molecule has 2 aromatic heterocycles. The van der Waals surface area contributed by atoms with Gasteiger partial charge in [-0.2, -0.15) is 5.10 Å². The molecule has 134 valence electrons. The maximum absolute atomic E-state index is 13.4. The van der Waals surface area contributed by atoms with Gasteiger partial charge in [-0.15, -0.1) is 0 Å². The Morgan fingerprint density at radius 1 is 1.23 bits per heavy atom. The number of aryl methyl sites for hydroxylation is 1. The first kappa shape index (κ1) is 16.4. The molecule has 4 rings (SSSR count). The highest BCUT2D eigenvalue weighted by Gasteiger charge is 2.32. The Morgan fingerprint density at radius 3 is 2.88 bits per heavy atom. The smallest absolute Gasteiger partial charge is 0.255 e. The number of nitrogens with zero attached hydrogens (tertiary/aromatic N) is 3. The van der Waals surface area contributed by atoms with Crippen LogP contribution in [0.3, 0.4) is 0 Å². The van der Waals surface area contributed by atoms with Gasteiger partial charge in [0.05, 0.1) is 23.5 Å². The molecular formula is C19H21N5O2. The lowest BCUT2D eigenvalue weighted by Crippen LogP contribution is -2.39. The van der Waals surface area contributed by atoms with Gasteiger partial charge in [-0.1, -0.05) is 6.07 Å². The second-order valence-electron chi connectivity index (χ2n) is 6.74. The highest BCUT2D eigenvalue weighted by Crippen LogP contribution is 2.33. The van der Waals surface area contributed by atoms with E-state index in [1.165, 1.54) is 6.20 Å². The zero-order valence-electron chi connectivity index (χ0n) is 14.6. The molecule has 3 aromatic rings. The summed E-state index contributed by atoms with van der Waals surface area (Å²) in [4.78, 5) is 26.9. The number of carbonyl (C=O) groups is 2. The number of H-pyrrole nitrogens is 1. The van der Waals surface area contributed by atoms with Crippen molar-refractivity contribution in [3.8, 4) is 0 Å².